The van der Waals surface area contributed by atoms with Crippen LogP contribution in [0, 0.1) is 13.8 Å². The van der Waals surface area contributed by atoms with Crippen molar-refractivity contribution < 1.29 is 0 Å². The van der Waals surface area contributed by atoms with Crippen LogP contribution in [0.4, 0.5) is 0 Å². The van der Waals surface area contributed by atoms with Gasteiger partial charge in [-0.2, -0.15) is 0 Å². The van der Waals surface area contributed by atoms with Gasteiger partial charge >= 0.3 is 0 Å². The first-order valence-corrected chi connectivity index (χ1v) is 6.37. The first-order chi connectivity index (χ1) is 9.10. The van der Waals surface area contributed by atoms with E-state index < -0.39 is 0 Å². The molecule has 19 heavy (non-hydrogen) atoms. The molecule has 0 radical (unpaired) electrons. The zero-order valence-corrected chi connectivity index (χ0v) is 11.6. The van der Waals surface area contributed by atoms with Crippen LogP contribution in [-0.4, -0.2) is 16.6 Å². The molecule has 100 valence electrons. The molecule has 1 heterocycles. The number of hydrogen-bond donors (Lipinski definition) is 1. The Hall–Kier alpha value is -1.94. The zero-order chi connectivity index (χ0) is 13.8. The number of nitrogens with zero attached hydrogens (tertiary/aromatic N) is 2. The summed E-state index contributed by atoms with van der Waals surface area (Å²) >= 11 is 0. The Morgan fingerprint density at radius 3 is 2.53 bits per heavy atom. The second-order valence-electron chi connectivity index (χ2n) is 4.77. The van der Waals surface area contributed by atoms with E-state index in [1.165, 1.54) is 11.1 Å². The van der Waals surface area contributed by atoms with Gasteiger partial charge in [0.05, 0.1) is 12.4 Å². The highest BCUT2D eigenvalue weighted by Gasteiger charge is 2.10. The van der Waals surface area contributed by atoms with Crippen LogP contribution in [0.15, 0.2) is 41.5 Å². The van der Waals surface area contributed by atoms with Gasteiger partial charge in [-0.05, 0) is 26.5 Å². The SMILES string of the molecule is CNC(Cn1cnc(C)cc1=O)c1ccc(C)cc1. The summed E-state index contributed by atoms with van der Waals surface area (Å²) in [5, 5.41) is 3.24. The molecule has 0 bridgehead atoms. The molecule has 0 amide bonds. The fourth-order valence-electron chi connectivity index (χ4n) is 2.01. The normalized spacial score (nSPS) is 12.4. The van der Waals surface area contributed by atoms with E-state index in [9.17, 15) is 4.79 Å². The maximum atomic E-state index is 11.9. The lowest BCUT2D eigenvalue weighted by atomic mass is 10.1. The van der Waals surface area contributed by atoms with Gasteiger partial charge in [0, 0.05) is 18.3 Å². The largest absolute Gasteiger partial charge is 0.312 e. The lowest BCUT2D eigenvalue weighted by Gasteiger charge is -2.18. The van der Waals surface area contributed by atoms with Crippen LogP contribution in [0.5, 0.6) is 0 Å². The summed E-state index contributed by atoms with van der Waals surface area (Å²) in [6.45, 7) is 4.46. The molecule has 0 fully saturated rings. The molecular weight excluding hydrogens is 238 g/mol. The number of aromatic nitrogens is 2. The Bertz CT molecular complexity index is 602. The number of nitrogens with one attached hydrogen (secondary N) is 1. The second-order valence-corrected chi connectivity index (χ2v) is 4.77. The number of hydrogen-bond acceptors (Lipinski definition) is 3. The Morgan fingerprint density at radius 2 is 1.95 bits per heavy atom. The van der Waals surface area contributed by atoms with E-state index in [-0.39, 0.29) is 11.6 Å². The number of aryl methyl sites for hydroxylation is 2. The van der Waals surface area contributed by atoms with Crippen molar-refractivity contribution in [2.45, 2.75) is 26.4 Å². The molecule has 0 aliphatic carbocycles. The molecule has 1 atom stereocenters. The van der Waals surface area contributed by atoms with Crippen molar-refractivity contribution in [1.82, 2.24) is 14.9 Å². The van der Waals surface area contributed by atoms with Crippen LogP contribution in [0.25, 0.3) is 0 Å². The van der Waals surface area contributed by atoms with Gasteiger partial charge in [-0.15, -0.1) is 0 Å². The molecule has 1 unspecified atom stereocenters. The summed E-state index contributed by atoms with van der Waals surface area (Å²) in [5.41, 5.74) is 3.13. The highest BCUT2D eigenvalue weighted by Crippen LogP contribution is 2.14. The summed E-state index contributed by atoms with van der Waals surface area (Å²) in [5.74, 6) is 0. The third-order valence-corrected chi connectivity index (χ3v) is 3.22. The first kappa shape index (κ1) is 13.5. The molecule has 2 aromatic rings. The third-order valence-electron chi connectivity index (χ3n) is 3.22. The van der Waals surface area contributed by atoms with E-state index in [0.29, 0.717) is 6.54 Å². The van der Waals surface area contributed by atoms with Gasteiger partial charge in [-0.1, -0.05) is 29.8 Å². The van der Waals surface area contributed by atoms with Gasteiger partial charge in [0.15, 0.2) is 0 Å². The molecule has 1 aromatic heterocycles. The Kier molecular flexibility index (Phi) is 4.12. The molecular formula is C15H19N3O. The average Bonchev–Trinajstić information content (AvgIpc) is 2.39. The zero-order valence-electron chi connectivity index (χ0n) is 11.6. The monoisotopic (exact) mass is 257 g/mol. The van der Waals surface area contributed by atoms with Crippen LogP contribution in [0.1, 0.15) is 22.9 Å². The van der Waals surface area contributed by atoms with Gasteiger partial charge in [-0.25, -0.2) is 4.98 Å². The minimum atomic E-state index is -0.0140. The van der Waals surface area contributed by atoms with E-state index >= 15 is 0 Å². The molecule has 1 aromatic carbocycles. The maximum absolute atomic E-state index is 11.9. The van der Waals surface area contributed by atoms with Crippen LogP contribution in [0.2, 0.25) is 0 Å². The van der Waals surface area contributed by atoms with Crippen molar-refractivity contribution in [2.75, 3.05) is 7.05 Å². The fraction of sp³-hybridized carbons (Fsp3) is 0.333. The minimum Gasteiger partial charge on any atom is -0.312 e. The standard InChI is InChI=1S/C15H19N3O/c1-11-4-6-13(7-5-11)14(16-3)9-18-10-17-12(2)8-15(18)19/h4-8,10,14,16H,9H2,1-3H3. The Morgan fingerprint density at radius 1 is 1.26 bits per heavy atom. The predicted molar refractivity (Wildman–Crippen MR) is 76.2 cm³/mol. The molecule has 1 N–H and O–H groups in total. The summed E-state index contributed by atoms with van der Waals surface area (Å²) in [4.78, 5) is 16.0. The van der Waals surface area contributed by atoms with Crippen LogP contribution < -0.4 is 10.9 Å². The third kappa shape index (κ3) is 3.29. The van der Waals surface area contributed by atoms with Crippen LogP contribution in [0.3, 0.4) is 0 Å². The van der Waals surface area contributed by atoms with E-state index in [1.807, 2.05) is 14.0 Å². The van der Waals surface area contributed by atoms with Crippen molar-refractivity contribution in [3.8, 4) is 0 Å². The fourth-order valence-corrected chi connectivity index (χ4v) is 2.01. The van der Waals surface area contributed by atoms with Crippen LogP contribution in [-0.2, 0) is 6.54 Å². The summed E-state index contributed by atoms with van der Waals surface area (Å²) in [6, 6.07) is 9.99. The molecule has 0 saturated heterocycles. The highest BCUT2D eigenvalue weighted by molar-refractivity contribution is 5.24. The summed E-state index contributed by atoms with van der Waals surface area (Å²) < 4.78 is 1.63. The number of benzene rings is 1. The lowest BCUT2D eigenvalue weighted by Crippen LogP contribution is -2.28. The average molecular weight is 257 g/mol. The Labute approximate surface area is 113 Å². The minimum absolute atomic E-state index is 0.0140. The first-order valence-electron chi connectivity index (χ1n) is 6.37. The van der Waals surface area contributed by atoms with E-state index in [1.54, 1.807) is 17.0 Å². The Balaban J connectivity index is 2.24. The molecule has 0 aliphatic heterocycles. The second kappa shape index (κ2) is 5.80. The van der Waals surface area contributed by atoms with Crippen molar-refractivity contribution in [3.63, 3.8) is 0 Å². The van der Waals surface area contributed by atoms with E-state index in [0.717, 1.165) is 5.69 Å². The predicted octanol–water partition coefficient (Wildman–Crippen LogP) is 1.82. The quantitative estimate of drug-likeness (QED) is 0.909. The van der Waals surface area contributed by atoms with Crippen molar-refractivity contribution in [1.29, 1.82) is 0 Å². The van der Waals surface area contributed by atoms with Gasteiger partial charge < -0.3 is 5.32 Å². The molecule has 0 spiro atoms. The topological polar surface area (TPSA) is 46.9 Å². The van der Waals surface area contributed by atoms with Crippen molar-refractivity contribution in [3.05, 3.63) is 63.8 Å². The smallest absolute Gasteiger partial charge is 0.253 e. The number of likely N-dealkylation sites (N-methyl/N-ethyl adjacent to an activating group) is 1. The maximum Gasteiger partial charge on any atom is 0.253 e. The van der Waals surface area contributed by atoms with E-state index in [2.05, 4.69) is 41.5 Å². The molecule has 2 rings (SSSR count). The van der Waals surface area contributed by atoms with E-state index in [4.69, 9.17) is 0 Å². The van der Waals surface area contributed by atoms with Gasteiger partial charge in [0.2, 0.25) is 0 Å². The highest BCUT2D eigenvalue weighted by atomic mass is 16.1. The molecule has 0 saturated carbocycles. The molecule has 4 heteroatoms. The van der Waals surface area contributed by atoms with Crippen LogP contribution >= 0.6 is 0 Å². The summed E-state index contributed by atoms with van der Waals surface area (Å²) in [6.07, 6.45) is 1.61. The van der Waals surface area contributed by atoms with Gasteiger partial charge in [0.1, 0.15) is 0 Å². The summed E-state index contributed by atoms with van der Waals surface area (Å²) in [7, 11) is 1.90. The van der Waals surface area contributed by atoms with Gasteiger partial charge in [0.25, 0.3) is 5.56 Å². The molecule has 0 aliphatic rings. The lowest BCUT2D eigenvalue weighted by molar-refractivity contribution is 0.485. The van der Waals surface area contributed by atoms with Gasteiger partial charge in [-0.3, -0.25) is 9.36 Å². The molecule has 4 nitrogen and oxygen atoms in total. The van der Waals surface area contributed by atoms with Crippen molar-refractivity contribution >= 4 is 0 Å². The number of rotatable bonds is 4. The van der Waals surface area contributed by atoms with Crippen molar-refractivity contribution in [2.24, 2.45) is 0 Å².